The number of ether oxygens (including phenoxy) is 1. The summed E-state index contributed by atoms with van der Waals surface area (Å²) in [6.07, 6.45) is 2.03. The van der Waals surface area contributed by atoms with E-state index in [4.69, 9.17) is 4.74 Å². The molecule has 25 heteroatoms. The van der Waals surface area contributed by atoms with E-state index in [1.807, 2.05) is 41.5 Å². The second-order valence-corrected chi connectivity index (χ2v) is 26.7. The molecule has 0 saturated carbocycles. The molecule has 1 saturated heterocycles. The summed E-state index contributed by atoms with van der Waals surface area (Å²) in [5.74, 6) is -10.4. The number of allylic oxidation sites excluding steroid dienone is 2. The normalized spacial score (nSPS) is 27.2. The van der Waals surface area contributed by atoms with Crippen LogP contribution in [0.25, 0.3) is 0 Å². The topological polar surface area (TPSA) is 288 Å². The van der Waals surface area contributed by atoms with Gasteiger partial charge in [-0.15, -0.1) is 0 Å². The summed E-state index contributed by atoms with van der Waals surface area (Å²) in [6.45, 7) is 28.2. The largest absolute Gasteiger partial charge is 0.390 e. The van der Waals surface area contributed by atoms with Crippen LogP contribution >= 0.6 is 0 Å². The minimum atomic E-state index is -1.65. The molecular weight excluding hydrogens is 1160 g/mol. The minimum Gasteiger partial charge on any atom is -0.390 e. The van der Waals surface area contributed by atoms with E-state index >= 15 is 9.59 Å². The average molecular weight is 1280 g/mol. The van der Waals surface area contributed by atoms with Gasteiger partial charge in [-0.2, -0.15) is 0 Å². The van der Waals surface area contributed by atoms with E-state index < -0.39 is 168 Å². The van der Waals surface area contributed by atoms with Crippen LogP contribution in [-0.2, 0) is 57.5 Å². The van der Waals surface area contributed by atoms with E-state index in [0.29, 0.717) is 0 Å². The highest BCUT2D eigenvalue weighted by Crippen LogP contribution is 2.26. The third kappa shape index (κ3) is 22.6. The molecule has 0 spiro atoms. The summed E-state index contributed by atoms with van der Waals surface area (Å²) in [4.78, 5) is 170. The molecule has 1 fully saturated rings. The van der Waals surface area contributed by atoms with Crippen molar-refractivity contribution >= 4 is 65.0 Å². The molecule has 516 valence electrons. The molecule has 0 aromatic carbocycles. The number of carbonyl (C=O) groups is 11. The maximum absolute atomic E-state index is 15.2. The smallest absolute Gasteiger partial charge is 0.246 e. The lowest BCUT2D eigenvalue weighted by molar-refractivity contribution is -0.157. The molecule has 1 aliphatic rings. The Labute approximate surface area is 537 Å². The summed E-state index contributed by atoms with van der Waals surface area (Å²) < 4.78 is 19.3. The highest BCUT2D eigenvalue weighted by atomic mass is 19.1. The number of nitrogens with zero attached hydrogens (tertiary/aromatic N) is 7. The standard InChI is InChI=1S/C65H116FN11O13/c1-25-27-30-41(13)54(78)53-58(82)69-46(26-2)61(85)71(18)44(16)60(84)76(23)52(45(17)90-32-29-28-31-66)57(81)70-50(39(9)10)64(88)72(19)47(33-36(3)4)56(80)67-42(14)55(79)68-43(15)59(83)73(20)48(34-37(5)6)62(86)74(21)49(35-38(7)8)63(87)75(22)51(40(11)12)65(89)77(53)24/h25,27,36-54,78H,26,28-35H2,1-24H3,(H,67,80)(H,68,79)(H,69,82)(H,70,81)/b27-25+/t41-,42+,43+,44-,45-,46+,47-,48+,49-,50+,51+,52+,53+,54-/m1/s1. The highest BCUT2D eigenvalue weighted by molar-refractivity contribution is 6.00. The molecule has 0 aromatic heterocycles. The zero-order chi connectivity index (χ0) is 69.7. The number of halogens is 1. The van der Waals surface area contributed by atoms with E-state index in [1.165, 1.54) is 96.6 Å². The fraction of sp³-hybridized carbons (Fsp3) is 0.800. The van der Waals surface area contributed by atoms with Gasteiger partial charge in [-0.25, -0.2) is 0 Å². The lowest BCUT2D eigenvalue weighted by Gasteiger charge is -2.41. The molecule has 11 amide bonds. The van der Waals surface area contributed by atoms with Crippen molar-refractivity contribution in [2.75, 3.05) is 62.6 Å². The Morgan fingerprint density at radius 1 is 0.489 bits per heavy atom. The first-order valence-corrected chi connectivity index (χ1v) is 32.2. The molecule has 0 unspecified atom stereocenters. The maximum atomic E-state index is 15.2. The van der Waals surface area contributed by atoms with Gasteiger partial charge in [-0.05, 0) is 115 Å². The van der Waals surface area contributed by atoms with Crippen LogP contribution in [0.4, 0.5) is 4.39 Å². The van der Waals surface area contributed by atoms with Crippen molar-refractivity contribution in [3.63, 3.8) is 0 Å². The van der Waals surface area contributed by atoms with Gasteiger partial charge < -0.3 is 65.4 Å². The highest BCUT2D eigenvalue weighted by Gasteiger charge is 2.46. The van der Waals surface area contributed by atoms with Gasteiger partial charge in [-0.1, -0.05) is 95.2 Å². The average Bonchev–Trinajstić information content (AvgIpc) is 1.38. The van der Waals surface area contributed by atoms with Crippen LogP contribution in [0.2, 0.25) is 0 Å². The predicted molar refractivity (Wildman–Crippen MR) is 344 cm³/mol. The van der Waals surface area contributed by atoms with Gasteiger partial charge in [0.25, 0.3) is 0 Å². The zero-order valence-electron chi connectivity index (χ0n) is 58.8. The molecule has 5 N–H and O–H groups in total. The number of unbranched alkanes of at least 4 members (excludes halogenated alkanes) is 1. The molecule has 1 aliphatic heterocycles. The molecule has 24 nitrogen and oxygen atoms in total. The van der Waals surface area contributed by atoms with Crippen LogP contribution in [0.15, 0.2) is 12.2 Å². The third-order valence-corrected chi connectivity index (χ3v) is 17.1. The lowest BCUT2D eigenvalue weighted by atomic mass is 9.91. The van der Waals surface area contributed by atoms with Gasteiger partial charge in [0.1, 0.15) is 66.5 Å². The first-order chi connectivity index (χ1) is 41.7. The number of alkyl halides is 1. The third-order valence-electron chi connectivity index (χ3n) is 17.1. The van der Waals surface area contributed by atoms with Crippen molar-refractivity contribution in [2.45, 2.75) is 241 Å². The van der Waals surface area contributed by atoms with Gasteiger partial charge in [0.15, 0.2) is 0 Å². The Morgan fingerprint density at radius 2 is 0.944 bits per heavy atom. The Hall–Kier alpha value is -6.24. The SMILES string of the molecule is C/C=C/C[C@@H](C)[C@@H](O)[C@H]1C(=O)N[C@@H](CC)C(=O)N(C)[C@H](C)C(=O)N(C)[C@@H]([C@@H](C)OCCCCF)C(=O)N[C@@H](C(C)C)C(=O)N(C)[C@H](CC(C)C)C(=O)N[C@@H](C)C(=O)N[C@@H](C)C(=O)N(C)[C@@H](CC(C)C)C(=O)N(C)[C@H](CC(C)C)C(=O)N(C)[C@@H](C(C)C)C(=O)N1C. The molecule has 0 aliphatic carbocycles. The van der Waals surface area contributed by atoms with Crippen molar-refractivity contribution < 1.29 is 67.0 Å². The number of aliphatic hydroxyl groups excluding tert-OH is 1. The molecule has 0 radical (unpaired) electrons. The van der Waals surface area contributed by atoms with Crippen LogP contribution in [-0.4, -0.2) is 246 Å². The van der Waals surface area contributed by atoms with Crippen molar-refractivity contribution in [1.29, 1.82) is 0 Å². The summed E-state index contributed by atoms with van der Waals surface area (Å²) in [5.41, 5.74) is 0. The number of likely N-dealkylation sites (N-methyl/N-ethyl adjacent to an activating group) is 7. The molecule has 0 bridgehead atoms. The lowest BCUT2D eigenvalue weighted by Crippen LogP contribution is -2.64. The quantitative estimate of drug-likeness (QED) is 0.0911. The summed E-state index contributed by atoms with van der Waals surface area (Å²) in [7, 11) is 9.71. The molecule has 90 heavy (non-hydrogen) atoms. The summed E-state index contributed by atoms with van der Waals surface area (Å²) in [6, 6.07) is -14.4. The number of hydrogen-bond donors (Lipinski definition) is 5. The summed E-state index contributed by atoms with van der Waals surface area (Å²) >= 11 is 0. The van der Waals surface area contributed by atoms with Crippen LogP contribution < -0.4 is 21.3 Å². The monoisotopic (exact) mass is 1280 g/mol. The van der Waals surface area contributed by atoms with Crippen molar-refractivity contribution in [1.82, 2.24) is 55.6 Å². The van der Waals surface area contributed by atoms with Crippen molar-refractivity contribution in [2.24, 2.45) is 35.5 Å². The molecule has 1 rings (SSSR count). The van der Waals surface area contributed by atoms with Gasteiger partial charge >= 0.3 is 0 Å². The number of carbonyl (C=O) groups excluding carboxylic acids is 11. The predicted octanol–water partition coefficient (Wildman–Crippen LogP) is 3.77. The second-order valence-electron chi connectivity index (χ2n) is 26.7. The van der Waals surface area contributed by atoms with E-state index in [2.05, 4.69) is 21.3 Å². The number of rotatable bonds is 19. The molecule has 14 atom stereocenters. The van der Waals surface area contributed by atoms with Gasteiger partial charge in [0.2, 0.25) is 65.0 Å². The Kier molecular flexibility index (Phi) is 34.5. The van der Waals surface area contributed by atoms with Crippen LogP contribution in [0.1, 0.15) is 163 Å². The first kappa shape index (κ1) is 81.8. The van der Waals surface area contributed by atoms with Crippen LogP contribution in [0, 0.1) is 35.5 Å². The fourth-order valence-electron chi connectivity index (χ4n) is 11.2. The molecular formula is C65H116FN11O13. The zero-order valence-corrected chi connectivity index (χ0v) is 58.8. The van der Waals surface area contributed by atoms with E-state index in [1.54, 1.807) is 60.6 Å². The summed E-state index contributed by atoms with van der Waals surface area (Å²) in [5, 5.41) is 23.1. The second kappa shape index (κ2) is 37.9. The van der Waals surface area contributed by atoms with Gasteiger partial charge in [0.05, 0.1) is 18.9 Å². The van der Waals surface area contributed by atoms with Gasteiger partial charge in [0, 0.05) is 55.9 Å². The maximum Gasteiger partial charge on any atom is 0.246 e. The van der Waals surface area contributed by atoms with Crippen LogP contribution in [0.5, 0.6) is 0 Å². The Bertz CT molecular complexity index is 2440. The Balaban J connectivity index is 4.44. The number of aliphatic hydroxyl groups is 1. The van der Waals surface area contributed by atoms with E-state index in [0.717, 1.165) is 14.7 Å². The number of nitrogens with one attached hydrogen (secondary N) is 4. The van der Waals surface area contributed by atoms with E-state index in [9.17, 15) is 52.6 Å². The Morgan fingerprint density at radius 3 is 1.42 bits per heavy atom. The first-order valence-electron chi connectivity index (χ1n) is 32.2. The van der Waals surface area contributed by atoms with E-state index in [-0.39, 0.29) is 69.3 Å². The molecule has 0 aromatic rings. The minimum absolute atomic E-state index is 0.000343. The van der Waals surface area contributed by atoms with Crippen LogP contribution in [0.3, 0.4) is 0 Å². The van der Waals surface area contributed by atoms with Crippen molar-refractivity contribution in [3.05, 3.63) is 12.2 Å². The number of amides is 11. The molecule has 1 heterocycles. The fourth-order valence-corrected chi connectivity index (χ4v) is 11.2. The van der Waals surface area contributed by atoms with Gasteiger partial charge in [-0.3, -0.25) is 57.1 Å². The van der Waals surface area contributed by atoms with Crippen molar-refractivity contribution in [3.8, 4) is 0 Å². The number of hydrogen-bond acceptors (Lipinski definition) is 13.